The van der Waals surface area contributed by atoms with E-state index in [9.17, 15) is 28.2 Å². The number of piperidine rings is 1. The molecule has 2 aliphatic heterocycles. The predicted octanol–water partition coefficient (Wildman–Crippen LogP) is 1.88. The van der Waals surface area contributed by atoms with Crippen molar-refractivity contribution >= 4 is 22.0 Å². The number of benzene rings is 2. The molecular weight excluding hydrogens is 420 g/mol. The number of aliphatic carboxylic acids is 2. The normalized spacial score (nSPS) is 23.9. The first-order valence-electron chi connectivity index (χ1n) is 10.1. The van der Waals surface area contributed by atoms with Crippen molar-refractivity contribution in [2.75, 3.05) is 13.1 Å². The molecule has 2 N–H and O–H groups in total. The fraction of sp³-hybridized carbons (Fsp3) is 0.364. The molecule has 9 heteroatoms. The highest BCUT2D eigenvalue weighted by atomic mass is 32.2. The number of hydrogen-bond donors (Lipinski definition) is 2. The summed E-state index contributed by atoms with van der Waals surface area (Å²) in [6.45, 7) is 0.594. The van der Waals surface area contributed by atoms with Crippen LogP contribution in [-0.2, 0) is 26.2 Å². The second-order valence-corrected chi connectivity index (χ2v) is 10.1. The fourth-order valence-corrected chi connectivity index (χ4v) is 6.27. The quantitative estimate of drug-likeness (QED) is 0.654. The zero-order valence-electron chi connectivity index (χ0n) is 16.8. The molecule has 0 spiro atoms. The molecule has 2 aliphatic rings. The van der Waals surface area contributed by atoms with E-state index in [1.807, 2.05) is 30.3 Å². The van der Waals surface area contributed by atoms with Crippen LogP contribution in [-0.4, -0.2) is 64.9 Å². The van der Waals surface area contributed by atoms with Crippen LogP contribution in [0.3, 0.4) is 0 Å². The van der Waals surface area contributed by atoms with E-state index in [2.05, 4.69) is 4.90 Å². The second kappa shape index (κ2) is 8.07. The molecule has 2 unspecified atom stereocenters. The van der Waals surface area contributed by atoms with Crippen LogP contribution in [0.25, 0.3) is 0 Å². The van der Waals surface area contributed by atoms with Gasteiger partial charge in [0.2, 0.25) is 10.0 Å². The van der Waals surface area contributed by atoms with Crippen molar-refractivity contribution in [1.29, 1.82) is 0 Å². The number of nitrogens with zero attached hydrogens (tertiary/aromatic N) is 2. The Morgan fingerprint density at radius 3 is 1.84 bits per heavy atom. The lowest BCUT2D eigenvalue weighted by molar-refractivity contribution is -0.175. The van der Waals surface area contributed by atoms with E-state index >= 15 is 0 Å². The van der Waals surface area contributed by atoms with Crippen molar-refractivity contribution in [3.05, 3.63) is 66.2 Å². The highest BCUT2D eigenvalue weighted by Gasteiger charge is 2.57. The molecule has 0 aliphatic carbocycles. The van der Waals surface area contributed by atoms with E-state index in [0.29, 0.717) is 6.54 Å². The number of carboxylic acid groups (broad SMARTS) is 2. The van der Waals surface area contributed by atoms with Gasteiger partial charge in [0.05, 0.1) is 4.90 Å². The summed E-state index contributed by atoms with van der Waals surface area (Å²) in [6.07, 6.45) is -0.302. The number of hydrogen-bond acceptors (Lipinski definition) is 5. The summed E-state index contributed by atoms with van der Waals surface area (Å²) >= 11 is 0. The maximum Gasteiger partial charge on any atom is 0.321 e. The van der Waals surface area contributed by atoms with Crippen LogP contribution in [0.2, 0.25) is 0 Å². The zero-order chi connectivity index (χ0) is 22.2. The fourth-order valence-electron chi connectivity index (χ4n) is 4.73. The van der Waals surface area contributed by atoms with Crippen LogP contribution in [0.1, 0.15) is 18.4 Å². The Labute approximate surface area is 180 Å². The van der Waals surface area contributed by atoms with Crippen LogP contribution in [0.5, 0.6) is 0 Å². The maximum atomic E-state index is 13.2. The molecule has 8 nitrogen and oxygen atoms in total. The van der Waals surface area contributed by atoms with Gasteiger partial charge in [-0.2, -0.15) is 4.31 Å². The highest BCUT2D eigenvalue weighted by molar-refractivity contribution is 7.89. The Kier molecular flexibility index (Phi) is 5.59. The molecular formula is C22H24N2O6S. The molecule has 2 heterocycles. The average molecular weight is 445 g/mol. The number of piperazine rings is 1. The topological polar surface area (TPSA) is 115 Å². The standard InChI is InChI=1S/C22H24N2O6S/c25-20(26)22(21(27)28)11-17-14-23(31(29,30)19-9-5-2-6-10-19)15-18(12-22)24(17)13-16-7-3-1-4-8-16/h1-10,17-18H,11-15H2,(H,25,26)(H,27,28). The second-order valence-electron chi connectivity index (χ2n) is 8.20. The Morgan fingerprint density at radius 1 is 0.871 bits per heavy atom. The van der Waals surface area contributed by atoms with E-state index in [4.69, 9.17) is 0 Å². The molecule has 2 atom stereocenters. The SMILES string of the molecule is O=C(O)C1(C(=O)O)CC2CN(S(=O)(=O)c3ccccc3)CC(C1)N2Cc1ccccc1. The molecule has 0 saturated carbocycles. The summed E-state index contributed by atoms with van der Waals surface area (Å²) in [7, 11) is -3.77. The van der Waals surface area contributed by atoms with E-state index in [1.54, 1.807) is 18.2 Å². The van der Waals surface area contributed by atoms with Gasteiger partial charge >= 0.3 is 11.9 Å². The summed E-state index contributed by atoms with van der Waals surface area (Å²) in [5.74, 6) is -2.73. The molecule has 0 amide bonds. The van der Waals surface area contributed by atoms with Gasteiger partial charge in [0.25, 0.3) is 0 Å². The molecule has 2 saturated heterocycles. The predicted molar refractivity (Wildman–Crippen MR) is 112 cm³/mol. The number of carbonyl (C=O) groups is 2. The van der Waals surface area contributed by atoms with Gasteiger partial charge < -0.3 is 10.2 Å². The minimum absolute atomic E-state index is 0.0445. The van der Waals surface area contributed by atoms with Gasteiger partial charge in [-0.05, 0) is 30.5 Å². The van der Waals surface area contributed by atoms with Gasteiger partial charge in [0, 0.05) is 31.7 Å². The third-order valence-corrected chi connectivity index (χ3v) is 8.19. The molecule has 2 fully saturated rings. The van der Waals surface area contributed by atoms with E-state index in [0.717, 1.165) is 5.56 Å². The lowest BCUT2D eigenvalue weighted by Crippen LogP contribution is -2.67. The largest absolute Gasteiger partial charge is 0.480 e. The first-order valence-corrected chi connectivity index (χ1v) is 11.5. The number of sulfonamides is 1. The lowest BCUT2D eigenvalue weighted by atomic mass is 9.70. The molecule has 2 aromatic carbocycles. The number of fused-ring (bicyclic) bond motifs is 2. The molecule has 0 aromatic heterocycles. The first kappa shape index (κ1) is 21.5. The van der Waals surface area contributed by atoms with Crippen LogP contribution in [0.4, 0.5) is 0 Å². The number of rotatable bonds is 6. The molecule has 164 valence electrons. The Bertz CT molecular complexity index is 1040. The van der Waals surface area contributed by atoms with E-state index < -0.39 is 39.5 Å². The lowest BCUT2D eigenvalue weighted by Gasteiger charge is -2.53. The summed E-state index contributed by atoms with van der Waals surface area (Å²) in [4.78, 5) is 26.2. The third kappa shape index (κ3) is 3.84. The van der Waals surface area contributed by atoms with Crippen molar-refractivity contribution in [3.8, 4) is 0 Å². The Morgan fingerprint density at radius 2 is 1.35 bits per heavy atom. The molecule has 2 aromatic rings. The summed E-state index contributed by atoms with van der Waals surface area (Å²) in [5.41, 5.74) is -0.902. The molecule has 2 bridgehead atoms. The minimum atomic E-state index is -3.77. The first-order chi connectivity index (χ1) is 14.7. The number of carboxylic acids is 2. The highest BCUT2D eigenvalue weighted by Crippen LogP contribution is 2.43. The third-order valence-electron chi connectivity index (χ3n) is 6.34. The van der Waals surface area contributed by atoms with Gasteiger partial charge in [-0.3, -0.25) is 14.5 Å². The van der Waals surface area contributed by atoms with E-state index in [1.165, 1.54) is 16.4 Å². The van der Waals surface area contributed by atoms with Crippen LogP contribution < -0.4 is 0 Å². The zero-order valence-corrected chi connectivity index (χ0v) is 17.6. The van der Waals surface area contributed by atoms with Gasteiger partial charge in [-0.15, -0.1) is 0 Å². The van der Waals surface area contributed by atoms with Crippen molar-refractivity contribution in [3.63, 3.8) is 0 Å². The van der Waals surface area contributed by atoms with Gasteiger partial charge in [-0.25, -0.2) is 8.42 Å². The van der Waals surface area contributed by atoms with E-state index in [-0.39, 0.29) is 30.8 Å². The molecule has 31 heavy (non-hydrogen) atoms. The monoisotopic (exact) mass is 444 g/mol. The Balaban J connectivity index is 1.68. The summed E-state index contributed by atoms with van der Waals surface area (Å²) in [6, 6.07) is 16.6. The smallest absolute Gasteiger partial charge is 0.321 e. The minimum Gasteiger partial charge on any atom is -0.480 e. The van der Waals surface area contributed by atoms with Crippen molar-refractivity contribution < 1.29 is 28.2 Å². The van der Waals surface area contributed by atoms with Crippen LogP contribution in [0.15, 0.2) is 65.6 Å². The van der Waals surface area contributed by atoms with Crippen molar-refractivity contribution in [2.45, 2.75) is 36.4 Å². The molecule has 4 rings (SSSR count). The van der Waals surface area contributed by atoms with Gasteiger partial charge in [-0.1, -0.05) is 48.5 Å². The van der Waals surface area contributed by atoms with Crippen LogP contribution in [0, 0.1) is 5.41 Å². The summed E-state index contributed by atoms with van der Waals surface area (Å²) < 4.78 is 27.7. The van der Waals surface area contributed by atoms with Crippen LogP contribution >= 0.6 is 0 Å². The van der Waals surface area contributed by atoms with Gasteiger partial charge in [0.1, 0.15) is 0 Å². The van der Waals surface area contributed by atoms with Crippen molar-refractivity contribution in [2.24, 2.45) is 5.41 Å². The summed E-state index contributed by atoms with van der Waals surface area (Å²) in [5, 5.41) is 19.5. The average Bonchev–Trinajstić information content (AvgIpc) is 2.74. The molecule has 0 radical (unpaired) electrons. The maximum absolute atomic E-state index is 13.2. The Hall–Kier alpha value is -2.75. The van der Waals surface area contributed by atoms with Gasteiger partial charge in [0.15, 0.2) is 5.41 Å². The van der Waals surface area contributed by atoms with Crippen molar-refractivity contribution in [1.82, 2.24) is 9.21 Å².